The van der Waals surface area contributed by atoms with Crippen LogP contribution in [0.15, 0.2) is 0 Å². The molecule has 1 aliphatic heterocycles. The maximum absolute atomic E-state index is 12.2. The zero-order valence-electron chi connectivity index (χ0n) is 10.6. The van der Waals surface area contributed by atoms with Crippen molar-refractivity contribution in [2.24, 2.45) is 5.41 Å². The number of Topliss-reactive ketones (excluding diaryl/α,β-unsaturated/α-hetero) is 1. The Bertz CT molecular complexity index is 280. The lowest BCUT2D eigenvalue weighted by Crippen LogP contribution is -2.52. The van der Waals surface area contributed by atoms with E-state index < -0.39 is 5.41 Å². The highest BCUT2D eigenvalue weighted by Crippen LogP contribution is 2.22. The van der Waals surface area contributed by atoms with Crippen LogP contribution in [-0.2, 0) is 14.3 Å². The van der Waals surface area contributed by atoms with Crippen LogP contribution in [0, 0.1) is 5.41 Å². The van der Waals surface area contributed by atoms with Crippen LogP contribution in [-0.4, -0.2) is 42.4 Å². The molecule has 0 radical (unpaired) electrons. The highest BCUT2D eigenvalue weighted by Gasteiger charge is 2.34. The first-order valence-corrected chi connectivity index (χ1v) is 5.70. The fraction of sp³-hybridized carbons (Fsp3) is 0.833. The average Bonchev–Trinajstić information content (AvgIpc) is 2.15. The van der Waals surface area contributed by atoms with Crippen molar-refractivity contribution in [3.63, 3.8) is 0 Å². The number of ketones is 1. The van der Waals surface area contributed by atoms with Gasteiger partial charge < -0.3 is 9.64 Å². The summed E-state index contributed by atoms with van der Waals surface area (Å²) in [6.45, 7) is 8.88. The van der Waals surface area contributed by atoms with Crippen molar-refractivity contribution in [2.75, 3.05) is 19.8 Å². The Morgan fingerprint density at radius 2 is 2.00 bits per heavy atom. The molecule has 1 rings (SSSR count). The van der Waals surface area contributed by atoms with Crippen molar-refractivity contribution in [3.05, 3.63) is 0 Å². The summed E-state index contributed by atoms with van der Waals surface area (Å²) < 4.78 is 5.33. The molecule has 4 heteroatoms. The molecule has 1 heterocycles. The molecule has 1 saturated heterocycles. The van der Waals surface area contributed by atoms with E-state index in [0.717, 1.165) is 0 Å². The zero-order valence-corrected chi connectivity index (χ0v) is 10.6. The second kappa shape index (κ2) is 4.95. The summed E-state index contributed by atoms with van der Waals surface area (Å²) in [5.41, 5.74) is -0.396. The summed E-state index contributed by atoms with van der Waals surface area (Å²) in [5, 5.41) is 0. The lowest BCUT2D eigenvalue weighted by molar-refractivity contribution is -0.149. The summed E-state index contributed by atoms with van der Waals surface area (Å²) in [5.74, 6) is 0.198. The molecule has 92 valence electrons. The number of hydrogen-bond acceptors (Lipinski definition) is 3. The fourth-order valence-electron chi connectivity index (χ4n) is 1.85. The molecule has 0 aromatic carbocycles. The van der Waals surface area contributed by atoms with E-state index in [9.17, 15) is 9.59 Å². The monoisotopic (exact) mass is 227 g/mol. The summed E-state index contributed by atoms with van der Waals surface area (Å²) in [4.78, 5) is 25.1. The van der Waals surface area contributed by atoms with E-state index in [1.54, 1.807) is 11.8 Å². The maximum atomic E-state index is 12.2. The van der Waals surface area contributed by atoms with Gasteiger partial charge >= 0.3 is 0 Å². The summed E-state index contributed by atoms with van der Waals surface area (Å²) in [7, 11) is 0. The van der Waals surface area contributed by atoms with Gasteiger partial charge in [-0.3, -0.25) is 9.59 Å². The van der Waals surface area contributed by atoms with Crippen LogP contribution in [0.25, 0.3) is 0 Å². The van der Waals surface area contributed by atoms with E-state index in [4.69, 9.17) is 4.74 Å². The van der Waals surface area contributed by atoms with Crippen LogP contribution in [0.4, 0.5) is 0 Å². The first-order chi connectivity index (χ1) is 7.32. The van der Waals surface area contributed by atoms with E-state index >= 15 is 0 Å². The van der Waals surface area contributed by atoms with Gasteiger partial charge in [0.25, 0.3) is 0 Å². The van der Waals surface area contributed by atoms with Crippen molar-refractivity contribution in [1.29, 1.82) is 0 Å². The van der Waals surface area contributed by atoms with E-state index in [1.165, 1.54) is 0 Å². The standard InChI is InChI=1S/C12H21NO3/c1-9(14)7-10-8-16-6-5-13(10)11(15)12(2,3)4/h10H,5-8H2,1-4H3/t10-/m0/s1. The lowest BCUT2D eigenvalue weighted by atomic mass is 9.93. The number of amides is 1. The number of carbonyl (C=O) groups excluding carboxylic acids is 2. The third kappa shape index (κ3) is 3.30. The Balaban J connectivity index is 2.74. The number of hydrogen-bond donors (Lipinski definition) is 0. The first kappa shape index (κ1) is 13.2. The molecule has 16 heavy (non-hydrogen) atoms. The SMILES string of the molecule is CC(=O)C[C@H]1COCCN1C(=O)C(C)(C)C. The smallest absolute Gasteiger partial charge is 0.228 e. The van der Waals surface area contributed by atoms with Gasteiger partial charge in [-0.2, -0.15) is 0 Å². The van der Waals surface area contributed by atoms with Gasteiger partial charge in [0.1, 0.15) is 5.78 Å². The highest BCUT2D eigenvalue weighted by molar-refractivity contribution is 5.83. The molecule has 1 amide bonds. The number of rotatable bonds is 2. The Hall–Kier alpha value is -0.900. The van der Waals surface area contributed by atoms with Crippen LogP contribution >= 0.6 is 0 Å². The number of carbonyl (C=O) groups is 2. The molecular weight excluding hydrogens is 206 g/mol. The topological polar surface area (TPSA) is 46.6 Å². The molecule has 1 fully saturated rings. The molecule has 0 aromatic heterocycles. The van der Waals surface area contributed by atoms with E-state index in [1.807, 2.05) is 20.8 Å². The highest BCUT2D eigenvalue weighted by atomic mass is 16.5. The van der Waals surface area contributed by atoms with Gasteiger partial charge in [-0.25, -0.2) is 0 Å². The van der Waals surface area contributed by atoms with E-state index in [0.29, 0.717) is 26.2 Å². The number of morpholine rings is 1. The van der Waals surface area contributed by atoms with Crippen molar-refractivity contribution in [2.45, 2.75) is 40.2 Å². The van der Waals surface area contributed by atoms with Crippen molar-refractivity contribution in [1.82, 2.24) is 4.90 Å². The molecule has 0 aromatic rings. The van der Waals surface area contributed by atoms with Crippen LogP contribution in [0.3, 0.4) is 0 Å². The van der Waals surface area contributed by atoms with Crippen LogP contribution in [0.1, 0.15) is 34.1 Å². The quantitative estimate of drug-likeness (QED) is 0.713. The predicted molar refractivity (Wildman–Crippen MR) is 61.1 cm³/mol. The Kier molecular flexibility index (Phi) is 4.08. The Morgan fingerprint density at radius 1 is 1.38 bits per heavy atom. The van der Waals surface area contributed by atoms with Crippen molar-refractivity contribution in [3.8, 4) is 0 Å². The van der Waals surface area contributed by atoms with E-state index in [2.05, 4.69) is 0 Å². The Morgan fingerprint density at radius 3 is 2.50 bits per heavy atom. The molecule has 0 bridgehead atoms. The minimum absolute atomic E-state index is 0.0852. The first-order valence-electron chi connectivity index (χ1n) is 5.70. The molecule has 0 saturated carbocycles. The van der Waals surface area contributed by atoms with Crippen molar-refractivity contribution >= 4 is 11.7 Å². The van der Waals surface area contributed by atoms with Crippen molar-refractivity contribution < 1.29 is 14.3 Å². The normalized spacial score (nSPS) is 22.0. The number of nitrogens with zero attached hydrogens (tertiary/aromatic N) is 1. The summed E-state index contributed by atoms with van der Waals surface area (Å²) >= 11 is 0. The third-order valence-corrected chi connectivity index (χ3v) is 2.65. The second-order valence-corrected chi connectivity index (χ2v) is 5.38. The third-order valence-electron chi connectivity index (χ3n) is 2.65. The molecule has 0 N–H and O–H groups in total. The van der Waals surface area contributed by atoms with Gasteiger partial charge in [-0.1, -0.05) is 20.8 Å². The fourth-order valence-corrected chi connectivity index (χ4v) is 1.85. The average molecular weight is 227 g/mol. The number of ether oxygens (including phenoxy) is 1. The molecule has 0 unspecified atom stereocenters. The lowest BCUT2D eigenvalue weighted by Gasteiger charge is -2.38. The van der Waals surface area contributed by atoms with Crippen LogP contribution < -0.4 is 0 Å². The van der Waals surface area contributed by atoms with Gasteiger partial charge in [0.2, 0.25) is 5.91 Å². The minimum atomic E-state index is -0.396. The summed E-state index contributed by atoms with van der Waals surface area (Å²) in [6.07, 6.45) is 0.391. The van der Waals surface area contributed by atoms with Gasteiger partial charge in [0.15, 0.2) is 0 Å². The predicted octanol–water partition coefficient (Wildman–Crippen LogP) is 1.24. The van der Waals surface area contributed by atoms with Crippen LogP contribution in [0.5, 0.6) is 0 Å². The van der Waals surface area contributed by atoms with Crippen LogP contribution in [0.2, 0.25) is 0 Å². The minimum Gasteiger partial charge on any atom is -0.377 e. The molecule has 1 aliphatic rings. The second-order valence-electron chi connectivity index (χ2n) is 5.38. The Labute approximate surface area is 96.9 Å². The van der Waals surface area contributed by atoms with Gasteiger partial charge in [0, 0.05) is 18.4 Å². The van der Waals surface area contributed by atoms with Gasteiger partial charge in [-0.15, -0.1) is 0 Å². The molecule has 0 aliphatic carbocycles. The van der Waals surface area contributed by atoms with Gasteiger partial charge in [-0.05, 0) is 6.92 Å². The molecule has 4 nitrogen and oxygen atoms in total. The molecule has 1 atom stereocenters. The molecule has 0 spiro atoms. The maximum Gasteiger partial charge on any atom is 0.228 e. The molecular formula is C12H21NO3. The zero-order chi connectivity index (χ0) is 12.3. The van der Waals surface area contributed by atoms with Gasteiger partial charge in [0.05, 0.1) is 19.3 Å². The summed E-state index contributed by atoms with van der Waals surface area (Å²) in [6, 6.07) is -0.0852. The van der Waals surface area contributed by atoms with E-state index in [-0.39, 0.29) is 17.7 Å². The largest absolute Gasteiger partial charge is 0.377 e.